The predicted molar refractivity (Wildman–Crippen MR) is 213 cm³/mol. The van der Waals surface area contributed by atoms with E-state index in [1.54, 1.807) is 48.5 Å². The summed E-state index contributed by atoms with van der Waals surface area (Å²) in [5.74, 6) is 0.748. The van der Waals surface area contributed by atoms with Gasteiger partial charge in [0.05, 0.1) is 33.5 Å². The molecular formula is C46H34N4O3. The lowest BCUT2D eigenvalue weighted by molar-refractivity contribution is 0.102. The molecule has 0 spiro atoms. The number of aromatic nitrogens is 2. The van der Waals surface area contributed by atoms with E-state index in [2.05, 4.69) is 10.6 Å². The average Bonchev–Trinajstić information content (AvgIpc) is 3.19. The summed E-state index contributed by atoms with van der Waals surface area (Å²) in [7, 11) is 0. The Morgan fingerprint density at radius 1 is 0.472 bits per heavy atom. The molecule has 2 heterocycles. The third kappa shape index (κ3) is 6.96. The number of nitrogens with one attached hydrogen (secondary N) is 2. The molecule has 0 unspecified atom stereocenters. The van der Waals surface area contributed by atoms with Crippen LogP contribution in [-0.2, 0) is 0 Å². The lowest BCUT2D eigenvalue weighted by Gasteiger charge is -2.13. The second-order valence-electron chi connectivity index (χ2n) is 12.8. The minimum Gasteiger partial charge on any atom is -0.457 e. The van der Waals surface area contributed by atoms with Gasteiger partial charge in [-0.2, -0.15) is 0 Å². The van der Waals surface area contributed by atoms with Gasteiger partial charge in [-0.1, -0.05) is 84.9 Å². The monoisotopic (exact) mass is 690 g/mol. The molecule has 0 saturated heterocycles. The number of ether oxygens (including phenoxy) is 1. The smallest absolute Gasteiger partial charge is 0.256 e. The van der Waals surface area contributed by atoms with Crippen LogP contribution in [0.4, 0.5) is 11.4 Å². The molecule has 7 nitrogen and oxygen atoms in total. The van der Waals surface area contributed by atoms with Crippen molar-refractivity contribution in [2.24, 2.45) is 0 Å². The van der Waals surface area contributed by atoms with Crippen LogP contribution < -0.4 is 15.4 Å². The summed E-state index contributed by atoms with van der Waals surface area (Å²) in [4.78, 5) is 37.0. The number of fused-ring (bicyclic) bond motifs is 2. The third-order valence-corrected chi connectivity index (χ3v) is 9.22. The molecule has 0 fully saturated rings. The van der Waals surface area contributed by atoms with Crippen molar-refractivity contribution in [1.29, 1.82) is 0 Å². The van der Waals surface area contributed by atoms with Crippen LogP contribution in [0.15, 0.2) is 158 Å². The SMILES string of the molecule is Cc1ccccc1-c1cc(C(=O)Nc2ccc(Oc3ccc(NC(=O)c4cc(-c5ccccc5C)nc5ccccc45)cc3)cc2)c2ccccc2n1. The van der Waals surface area contributed by atoms with Gasteiger partial charge in [-0.15, -0.1) is 0 Å². The first-order valence-corrected chi connectivity index (χ1v) is 17.3. The summed E-state index contributed by atoms with van der Waals surface area (Å²) in [5, 5.41) is 7.63. The van der Waals surface area contributed by atoms with E-state index in [1.165, 1.54) is 0 Å². The highest BCUT2D eigenvalue weighted by Gasteiger charge is 2.17. The second-order valence-corrected chi connectivity index (χ2v) is 12.8. The summed E-state index contributed by atoms with van der Waals surface area (Å²) in [5.41, 5.74) is 9.51. The zero-order chi connectivity index (χ0) is 36.3. The molecule has 0 bridgehead atoms. The van der Waals surface area contributed by atoms with Gasteiger partial charge < -0.3 is 15.4 Å². The normalized spacial score (nSPS) is 11.0. The van der Waals surface area contributed by atoms with Crippen LogP contribution in [0.3, 0.4) is 0 Å². The van der Waals surface area contributed by atoms with Gasteiger partial charge in [0.2, 0.25) is 0 Å². The van der Waals surface area contributed by atoms with Gasteiger partial charge in [-0.25, -0.2) is 9.97 Å². The molecule has 0 saturated carbocycles. The third-order valence-electron chi connectivity index (χ3n) is 9.22. The van der Waals surface area contributed by atoms with Crippen LogP contribution in [-0.4, -0.2) is 21.8 Å². The first-order chi connectivity index (χ1) is 25.9. The summed E-state index contributed by atoms with van der Waals surface area (Å²) in [6.07, 6.45) is 0. The number of carbonyl (C=O) groups excluding carboxylic acids is 2. The number of aryl methyl sites for hydroxylation is 2. The molecule has 0 aliphatic carbocycles. The largest absolute Gasteiger partial charge is 0.457 e. The number of nitrogens with zero attached hydrogens (tertiary/aromatic N) is 2. The minimum atomic E-state index is -0.226. The number of hydrogen-bond acceptors (Lipinski definition) is 5. The first-order valence-electron chi connectivity index (χ1n) is 17.3. The highest BCUT2D eigenvalue weighted by molar-refractivity contribution is 6.14. The summed E-state index contributed by atoms with van der Waals surface area (Å²) in [6, 6.07) is 49.5. The fraction of sp³-hybridized carbons (Fsp3) is 0.0435. The summed E-state index contributed by atoms with van der Waals surface area (Å²) in [6.45, 7) is 4.07. The molecule has 6 aromatic carbocycles. The Kier molecular flexibility index (Phi) is 8.88. The maximum atomic E-state index is 13.6. The van der Waals surface area contributed by atoms with Gasteiger partial charge in [0, 0.05) is 33.3 Å². The number of para-hydroxylation sites is 2. The number of benzene rings is 6. The molecule has 0 aliphatic rings. The standard InChI is InChI=1S/C46H34N4O3/c1-29-11-3-5-13-35(29)43-27-39(37-15-7-9-17-41(37)49-43)45(51)47-31-19-23-33(24-20-31)53-34-25-21-32(22-26-34)48-46(52)40-28-44(36-14-6-4-12-30(36)2)50-42-18-10-8-16-38(40)42/h3-28H,1-2H3,(H,47,51)(H,48,52). The fourth-order valence-electron chi connectivity index (χ4n) is 6.47. The van der Waals surface area contributed by atoms with Gasteiger partial charge in [0.25, 0.3) is 11.8 Å². The van der Waals surface area contributed by atoms with E-state index in [9.17, 15) is 9.59 Å². The van der Waals surface area contributed by atoms with Gasteiger partial charge in [0.15, 0.2) is 0 Å². The number of hydrogen-bond donors (Lipinski definition) is 2. The van der Waals surface area contributed by atoms with Crippen molar-refractivity contribution in [2.75, 3.05) is 10.6 Å². The number of anilines is 2. The van der Waals surface area contributed by atoms with Crippen LogP contribution in [0.1, 0.15) is 31.8 Å². The van der Waals surface area contributed by atoms with Gasteiger partial charge in [0.1, 0.15) is 11.5 Å². The van der Waals surface area contributed by atoms with Crippen LogP contribution in [0.25, 0.3) is 44.3 Å². The van der Waals surface area contributed by atoms with Crippen molar-refractivity contribution in [2.45, 2.75) is 13.8 Å². The molecule has 0 atom stereocenters. The molecule has 8 aromatic rings. The summed E-state index contributed by atoms with van der Waals surface area (Å²) >= 11 is 0. The second kappa shape index (κ2) is 14.2. The van der Waals surface area contributed by atoms with E-state index in [0.29, 0.717) is 34.0 Å². The Bertz CT molecular complexity index is 2470. The number of rotatable bonds is 8. The van der Waals surface area contributed by atoms with Crippen molar-refractivity contribution < 1.29 is 14.3 Å². The highest BCUT2D eigenvalue weighted by Crippen LogP contribution is 2.30. The fourth-order valence-corrected chi connectivity index (χ4v) is 6.47. The molecule has 53 heavy (non-hydrogen) atoms. The zero-order valence-electron chi connectivity index (χ0n) is 29.1. The topological polar surface area (TPSA) is 93.2 Å². The molecule has 2 amide bonds. The highest BCUT2D eigenvalue weighted by atomic mass is 16.5. The van der Waals surface area contributed by atoms with E-state index in [1.807, 2.05) is 123 Å². The molecule has 0 radical (unpaired) electrons. The molecule has 0 aliphatic heterocycles. The Labute approximate surface area is 307 Å². The molecule has 2 N–H and O–H groups in total. The van der Waals surface area contributed by atoms with Crippen molar-refractivity contribution in [3.05, 3.63) is 180 Å². The maximum Gasteiger partial charge on any atom is 0.256 e. The van der Waals surface area contributed by atoms with E-state index in [-0.39, 0.29) is 11.8 Å². The lowest BCUT2D eigenvalue weighted by Crippen LogP contribution is -2.13. The first kappa shape index (κ1) is 33.0. The molecular weight excluding hydrogens is 657 g/mol. The van der Waals surface area contributed by atoms with Crippen molar-refractivity contribution in [3.8, 4) is 34.0 Å². The molecule has 256 valence electrons. The van der Waals surface area contributed by atoms with Gasteiger partial charge in [-0.3, -0.25) is 9.59 Å². The predicted octanol–water partition coefficient (Wildman–Crippen LogP) is 11.0. The minimum absolute atomic E-state index is 0.226. The molecule has 2 aromatic heterocycles. The van der Waals surface area contributed by atoms with Crippen LogP contribution in [0.5, 0.6) is 11.5 Å². The average molecular weight is 691 g/mol. The Morgan fingerprint density at radius 2 is 0.849 bits per heavy atom. The maximum absolute atomic E-state index is 13.6. The van der Waals surface area contributed by atoms with Crippen LogP contribution in [0.2, 0.25) is 0 Å². The molecule has 7 heteroatoms. The number of amides is 2. The van der Waals surface area contributed by atoms with Gasteiger partial charge in [-0.05, 0) is 97.8 Å². The van der Waals surface area contributed by atoms with Crippen molar-refractivity contribution >= 4 is 45.0 Å². The van der Waals surface area contributed by atoms with E-state index < -0.39 is 0 Å². The van der Waals surface area contributed by atoms with E-state index >= 15 is 0 Å². The van der Waals surface area contributed by atoms with E-state index in [0.717, 1.165) is 55.4 Å². The quantitative estimate of drug-likeness (QED) is 0.166. The van der Waals surface area contributed by atoms with Crippen LogP contribution >= 0.6 is 0 Å². The van der Waals surface area contributed by atoms with Gasteiger partial charge >= 0.3 is 0 Å². The summed E-state index contributed by atoms with van der Waals surface area (Å²) < 4.78 is 6.09. The van der Waals surface area contributed by atoms with Crippen molar-refractivity contribution in [3.63, 3.8) is 0 Å². The number of pyridine rings is 2. The Balaban J connectivity index is 0.955. The van der Waals surface area contributed by atoms with Crippen molar-refractivity contribution in [1.82, 2.24) is 9.97 Å². The number of carbonyl (C=O) groups is 2. The van der Waals surface area contributed by atoms with E-state index in [4.69, 9.17) is 14.7 Å². The Morgan fingerprint density at radius 3 is 1.26 bits per heavy atom. The van der Waals surface area contributed by atoms with Crippen LogP contribution in [0, 0.1) is 13.8 Å². The Hall–Kier alpha value is -7.12. The lowest BCUT2D eigenvalue weighted by atomic mass is 10.0. The zero-order valence-corrected chi connectivity index (χ0v) is 29.1. The molecule has 8 rings (SSSR count).